The van der Waals surface area contributed by atoms with Crippen molar-refractivity contribution < 1.29 is 22.8 Å². The molecule has 1 saturated heterocycles. The summed E-state index contributed by atoms with van der Waals surface area (Å²) in [6, 6.07) is 8.02. The highest BCUT2D eigenvalue weighted by Gasteiger charge is 2.40. The van der Waals surface area contributed by atoms with E-state index in [1.165, 1.54) is 24.3 Å². The molecule has 2 aromatic carbocycles. The van der Waals surface area contributed by atoms with Crippen molar-refractivity contribution in [2.75, 3.05) is 19.6 Å². The third-order valence-electron chi connectivity index (χ3n) is 6.12. The van der Waals surface area contributed by atoms with Crippen LogP contribution in [0.2, 0.25) is 0 Å². The average Bonchev–Trinajstić information content (AvgIpc) is 3.23. The van der Waals surface area contributed by atoms with Gasteiger partial charge in [-0.1, -0.05) is 0 Å². The van der Waals surface area contributed by atoms with Gasteiger partial charge in [-0.2, -0.15) is 0 Å². The lowest BCUT2D eigenvalue weighted by Crippen LogP contribution is -2.62. The molecule has 3 aromatic rings. The number of aromatic amines is 1. The highest BCUT2D eigenvalue weighted by atomic mass is 79.9. The summed E-state index contributed by atoms with van der Waals surface area (Å²) in [5.41, 5.74) is 0.498. The molecule has 2 heterocycles. The van der Waals surface area contributed by atoms with Gasteiger partial charge in [0.25, 0.3) is 0 Å². The second-order valence-electron chi connectivity index (χ2n) is 8.45. The van der Waals surface area contributed by atoms with Gasteiger partial charge < -0.3 is 20.9 Å². The summed E-state index contributed by atoms with van der Waals surface area (Å²) in [5.74, 6) is -2.86. The van der Waals surface area contributed by atoms with Crippen LogP contribution in [-0.2, 0) is 16.0 Å². The van der Waals surface area contributed by atoms with E-state index in [0.29, 0.717) is 32.4 Å². The fourth-order valence-corrected chi connectivity index (χ4v) is 4.59. The van der Waals surface area contributed by atoms with Gasteiger partial charge in [0.1, 0.15) is 23.0 Å². The number of hydrogen-bond donors (Lipinski definition) is 4. The minimum absolute atomic E-state index is 0.0346. The van der Waals surface area contributed by atoms with E-state index in [2.05, 4.69) is 36.9 Å². The summed E-state index contributed by atoms with van der Waals surface area (Å²) in [7, 11) is 0. The first-order valence-corrected chi connectivity index (χ1v) is 12.0. The topological polar surface area (TPSA) is 86.0 Å². The molecule has 0 spiro atoms. The summed E-state index contributed by atoms with van der Waals surface area (Å²) >= 11 is 2.99. The fourth-order valence-electron chi connectivity index (χ4n) is 4.21. The van der Waals surface area contributed by atoms with Gasteiger partial charge in [-0.05, 0) is 90.2 Å². The summed E-state index contributed by atoms with van der Waals surface area (Å²) in [4.78, 5) is 28.9. The van der Waals surface area contributed by atoms with Crippen LogP contribution in [0.15, 0.2) is 53.1 Å². The number of halogens is 4. The molecule has 1 aromatic heterocycles. The van der Waals surface area contributed by atoms with Gasteiger partial charge in [-0.25, -0.2) is 13.2 Å². The zero-order valence-electron chi connectivity index (χ0n) is 18.7. The van der Waals surface area contributed by atoms with Crippen molar-refractivity contribution in [2.24, 2.45) is 0 Å². The molecule has 0 bridgehead atoms. The number of fused-ring (bicyclic) bond motifs is 1. The normalized spacial score (nSPS) is 15.7. The summed E-state index contributed by atoms with van der Waals surface area (Å²) in [5, 5.41) is 9.45. The Morgan fingerprint density at radius 1 is 1.11 bits per heavy atom. The summed E-state index contributed by atoms with van der Waals surface area (Å²) in [6.07, 6.45) is 3.67. The van der Waals surface area contributed by atoms with E-state index >= 15 is 0 Å². The molecular formula is C25H24BrF3N4O2. The number of carbonyl (C=O) groups excluding carboxylic acids is 2. The van der Waals surface area contributed by atoms with Crippen molar-refractivity contribution in [1.82, 2.24) is 20.9 Å². The van der Waals surface area contributed by atoms with Crippen molar-refractivity contribution in [1.29, 1.82) is 0 Å². The Hall–Kier alpha value is -3.11. The zero-order valence-corrected chi connectivity index (χ0v) is 20.3. The predicted molar refractivity (Wildman–Crippen MR) is 131 cm³/mol. The molecule has 10 heteroatoms. The van der Waals surface area contributed by atoms with Crippen molar-refractivity contribution >= 4 is 44.5 Å². The number of amides is 2. The monoisotopic (exact) mass is 548 g/mol. The molecule has 35 heavy (non-hydrogen) atoms. The number of nitrogens with one attached hydrogen (secondary N) is 4. The van der Waals surface area contributed by atoms with Crippen LogP contribution >= 0.6 is 15.9 Å². The number of carbonyl (C=O) groups is 2. The molecule has 0 radical (unpaired) electrons. The number of H-pyrrole nitrogens is 1. The molecule has 0 aliphatic carbocycles. The summed E-state index contributed by atoms with van der Waals surface area (Å²) < 4.78 is 41.7. The molecule has 0 atom stereocenters. The Labute approximate surface area is 208 Å². The second kappa shape index (κ2) is 10.7. The number of aromatic nitrogens is 1. The second-order valence-corrected chi connectivity index (χ2v) is 9.31. The molecule has 184 valence electrons. The maximum absolute atomic E-state index is 14.6. The third-order valence-corrected chi connectivity index (χ3v) is 6.72. The predicted octanol–water partition coefficient (Wildman–Crippen LogP) is 4.12. The van der Waals surface area contributed by atoms with Gasteiger partial charge in [-0.3, -0.25) is 9.59 Å². The maximum atomic E-state index is 14.6. The lowest BCUT2D eigenvalue weighted by molar-refractivity contribution is -0.133. The minimum Gasteiger partial charge on any atom is -0.361 e. The molecule has 6 nitrogen and oxygen atoms in total. The Bertz CT molecular complexity index is 1280. The standard InChI is InChI=1S/C25H24BrF3N4O2/c26-19-11-15(1-3-20(19)28)21(29)13-23(34)33-25(6-9-30-10-7-25)24(35)31-8-5-16-14-32-22-4-2-17(27)12-18(16)22/h1-4,11-14,30,32H,5-10H2,(H,31,35)(H,33,34)/b21-13-. The van der Waals surface area contributed by atoms with E-state index in [0.717, 1.165) is 28.6 Å². The van der Waals surface area contributed by atoms with Crippen LogP contribution in [0, 0.1) is 11.6 Å². The van der Waals surface area contributed by atoms with Crippen LogP contribution in [0.1, 0.15) is 24.0 Å². The van der Waals surface area contributed by atoms with E-state index in [9.17, 15) is 22.8 Å². The van der Waals surface area contributed by atoms with Gasteiger partial charge in [-0.15, -0.1) is 0 Å². The SMILES string of the molecule is O=C(/C=C(\F)c1ccc(F)c(Br)c1)NC1(C(=O)NCCc2c[nH]c3ccc(F)cc23)CCNCC1. The Balaban J connectivity index is 1.43. The largest absolute Gasteiger partial charge is 0.361 e. The molecule has 1 aliphatic heterocycles. The molecular weight excluding hydrogens is 525 g/mol. The third kappa shape index (κ3) is 5.76. The van der Waals surface area contributed by atoms with Crippen molar-refractivity contribution in [3.8, 4) is 0 Å². The summed E-state index contributed by atoms with van der Waals surface area (Å²) in [6.45, 7) is 1.29. The average molecular weight is 549 g/mol. The Kier molecular flexibility index (Phi) is 7.61. The molecule has 0 saturated carbocycles. The Morgan fingerprint density at radius 2 is 1.89 bits per heavy atom. The number of benzene rings is 2. The van der Waals surface area contributed by atoms with Crippen molar-refractivity contribution in [2.45, 2.75) is 24.8 Å². The number of piperidine rings is 1. The minimum atomic E-state index is -1.20. The van der Waals surface area contributed by atoms with Crippen molar-refractivity contribution in [3.63, 3.8) is 0 Å². The van der Waals surface area contributed by atoms with Crippen LogP contribution in [0.5, 0.6) is 0 Å². The highest BCUT2D eigenvalue weighted by molar-refractivity contribution is 9.10. The zero-order chi connectivity index (χ0) is 25.0. The van der Waals surface area contributed by atoms with E-state index in [1.807, 2.05) is 0 Å². The van der Waals surface area contributed by atoms with Gasteiger partial charge in [0, 0.05) is 35.3 Å². The van der Waals surface area contributed by atoms with Crippen LogP contribution < -0.4 is 16.0 Å². The van der Waals surface area contributed by atoms with E-state index in [-0.39, 0.29) is 28.3 Å². The molecule has 0 unspecified atom stereocenters. The van der Waals surface area contributed by atoms with Gasteiger partial charge in [0.15, 0.2) is 0 Å². The van der Waals surface area contributed by atoms with E-state index < -0.39 is 23.1 Å². The first-order chi connectivity index (χ1) is 16.8. The van der Waals surface area contributed by atoms with Crippen LogP contribution in [0.3, 0.4) is 0 Å². The van der Waals surface area contributed by atoms with Crippen LogP contribution in [0.4, 0.5) is 13.2 Å². The van der Waals surface area contributed by atoms with E-state index in [4.69, 9.17) is 0 Å². The first-order valence-electron chi connectivity index (χ1n) is 11.2. The molecule has 1 aliphatic rings. The quantitative estimate of drug-likeness (QED) is 0.335. The number of rotatable bonds is 7. The Morgan fingerprint density at radius 3 is 2.63 bits per heavy atom. The molecule has 4 N–H and O–H groups in total. The molecule has 2 amide bonds. The molecule has 1 fully saturated rings. The maximum Gasteiger partial charge on any atom is 0.247 e. The fraction of sp³-hybridized carbons (Fsp3) is 0.280. The highest BCUT2D eigenvalue weighted by Crippen LogP contribution is 2.24. The van der Waals surface area contributed by atoms with Crippen LogP contribution in [-0.4, -0.2) is 42.0 Å². The van der Waals surface area contributed by atoms with E-state index in [1.54, 1.807) is 12.3 Å². The van der Waals surface area contributed by atoms with Crippen molar-refractivity contribution in [3.05, 3.63) is 75.9 Å². The lowest BCUT2D eigenvalue weighted by Gasteiger charge is -2.36. The van der Waals surface area contributed by atoms with Gasteiger partial charge in [0.2, 0.25) is 11.8 Å². The van der Waals surface area contributed by atoms with Gasteiger partial charge >= 0.3 is 0 Å². The van der Waals surface area contributed by atoms with Gasteiger partial charge in [0.05, 0.1) is 4.47 Å². The van der Waals surface area contributed by atoms with Crippen LogP contribution in [0.25, 0.3) is 16.7 Å². The number of hydrogen-bond acceptors (Lipinski definition) is 3. The molecule has 4 rings (SSSR count). The first kappa shape index (κ1) is 25.0. The smallest absolute Gasteiger partial charge is 0.247 e. The lowest BCUT2D eigenvalue weighted by atomic mass is 9.87.